The maximum Gasteiger partial charge on any atom is 1.00 e. The molecular formula is C17H19ClN2NaO-. The van der Waals surface area contributed by atoms with Gasteiger partial charge in [0.1, 0.15) is 5.75 Å². The number of allylic oxidation sites excluding steroid dienone is 4. The summed E-state index contributed by atoms with van der Waals surface area (Å²) in [6.07, 6.45) is 5.74. The number of rotatable bonds is 4. The van der Waals surface area contributed by atoms with Crippen molar-refractivity contribution in [2.45, 2.75) is 13.3 Å². The number of benzene rings is 1. The Labute approximate surface area is 159 Å². The summed E-state index contributed by atoms with van der Waals surface area (Å²) in [4.78, 5) is 0. The van der Waals surface area contributed by atoms with Crippen LogP contribution in [0.5, 0.6) is 5.75 Å². The monoisotopic (exact) mass is 325 g/mol. The van der Waals surface area contributed by atoms with Crippen molar-refractivity contribution in [3.05, 3.63) is 66.3 Å². The Kier molecular flexibility index (Phi) is 8.79. The quantitative estimate of drug-likeness (QED) is 0.652. The van der Waals surface area contributed by atoms with E-state index in [-0.39, 0.29) is 42.7 Å². The van der Waals surface area contributed by atoms with Gasteiger partial charge in [0.05, 0.1) is 10.8 Å². The van der Waals surface area contributed by atoms with E-state index in [2.05, 4.69) is 5.32 Å². The molecule has 1 aliphatic carbocycles. The molecule has 3 nitrogen and oxygen atoms in total. The molecule has 0 radical (unpaired) electrons. The number of aryl methyl sites for hydroxylation is 1. The van der Waals surface area contributed by atoms with Crippen LogP contribution < -0.4 is 39.6 Å². The SMILES string of the molecule is [CH-]=C1C=C(Oc2c(Cl)cc(NC)cc2CC)C=CC1=N.[CH3-].[Na+]. The first-order chi connectivity index (χ1) is 9.55. The van der Waals surface area contributed by atoms with Crippen molar-refractivity contribution >= 4 is 23.0 Å². The van der Waals surface area contributed by atoms with E-state index in [1.165, 1.54) is 0 Å². The van der Waals surface area contributed by atoms with Gasteiger partial charge in [0.2, 0.25) is 0 Å². The van der Waals surface area contributed by atoms with E-state index in [4.69, 9.17) is 28.3 Å². The first-order valence-corrected chi connectivity index (χ1v) is 6.72. The molecule has 0 amide bonds. The van der Waals surface area contributed by atoms with E-state index >= 15 is 0 Å². The zero-order valence-corrected chi connectivity index (χ0v) is 16.2. The molecule has 0 aliphatic heterocycles. The Morgan fingerprint density at radius 3 is 2.55 bits per heavy atom. The summed E-state index contributed by atoms with van der Waals surface area (Å²) in [5.41, 5.74) is 2.61. The zero-order chi connectivity index (χ0) is 14.7. The summed E-state index contributed by atoms with van der Waals surface area (Å²) in [6, 6.07) is 3.82. The molecule has 1 aromatic rings. The standard InChI is InChI=1S/C16H16ClN2O.CH3.Na/c1-4-11-8-12(19-3)9-14(17)16(11)20-13-5-6-15(18)10(2)7-13;;/h2,5-9,18-19H,4H2,1,3H3;1H3;/q2*-1;+1. The molecule has 1 aromatic carbocycles. The smallest absolute Gasteiger partial charge is 0.468 e. The van der Waals surface area contributed by atoms with E-state index in [1.54, 1.807) is 18.2 Å². The predicted octanol–water partition coefficient (Wildman–Crippen LogP) is 1.61. The zero-order valence-electron chi connectivity index (χ0n) is 13.5. The Hall–Kier alpha value is -1.000. The molecule has 0 saturated heterocycles. The topological polar surface area (TPSA) is 45.1 Å². The van der Waals surface area contributed by atoms with Crippen molar-refractivity contribution in [1.82, 2.24) is 0 Å². The first-order valence-electron chi connectivity index (χ1n) is 6.34. The van der Waals surface area contributed by atoms with Gasteiger partial charge in [0.25, 0.3) is 0 Å². The second-order valence-electron chi connectivity index (χ2n) is 4.40. The molecule has 0 fully saturated rings. The molecule has 0 spiro atoms. The molecular weight excluding hydrogens is 307 g/mol. The fourth-order valence-electron chi connectivity index (χ4n) is 1.89. The van der Waals surface area contributed by atoms with Gasteiger partial charge < -0.3 is 22.9 Å². The van der Waals surface area contributed by atoms with Gasteiger partial charge in [-0.15, -0.1) is 6.08 Å². The average molecular weight is 326 g/mol. The van der Waals surface area contributed by atoms with Gasteiger partial charge in [-0.2, -0.15) is 5.57 Å². The van der Waals surface area contributed by atoms with Crippen molar-refractivity contribution < 1.29 is 34.3 Å². The molecule has 2 rings (SSSR count). The van der Waals surface area contributed by atoms with Crippen LogP contribution in [-0.4, -0.2) is 12.8 Å². The van der Waals surface area contributed by atoms with E-state index in [9.17, 15) is 0 Å². The first kappa shape index (κ1) is 21.0. The summed E-state index contributed by atoms with van der Waals surface area (Å²) in [6.45, 7) is 7.76. The van der Waals surface area contributed by atoms with Gasteiger partial charge in [0, 0.05) is 12.7 Å². The van der Waals surface area contributed by atoms with Crippen LogP contribution in [0.25, 0.3) is 0 Å². The molecule has 0 atom stereocenters. The van der Waals surface area contributed by atoms with Crippen molar-refractivity contribution in [3.8, 4) is 5.75 Å². The van der Waals surface area contributed by atoms with E-state index in [1.807, 2.05) is 26.1 Å². The maximum atomic E-state index is 7.55. The van der Waals surface area contributed by atoms with Crippen molar-refractivity contribution in [2.24, 2.45) is 0 Å². The van der Waals surface area contributed by atoms with E-state index in [0.717, 1.165) is 17.7 Å². The number of nitrogens with one attached hydrogen (secondary N) is 2. The summed E-state index contributed by atoms with van der Waals surface area (Å²) in [5, 5.41) is 11.2. The van der Waals surface area contributed by atoms with Crippen molar-refractivity contribution in [1.29, 1.82) is 5.41 Å². The molecule has 0 bridgehead atoms. The molecule has 2 N–H and O–H groups in total. The second kappa shape index (κ2) is 9.21. The number of anilines is 1. The molecule has 22 heavy (non-hydrogen) atoms. The molecule has 0 aromatic heterocycles. The predicted molar refractivity (Wildman–Crippen MR) is 90.2 cm³/mol. The summed E-state index contributed by atoms with van der Waals surface area (Å²) < 4.78 is 5.84. The van der Waals surface area contributed by atoms with Crippen LogP contribution in [0.1, 0.15) is 12.5 Å². The van der Waals surface area contributed by atoms with Crippen LogP contribution in [-0.2, 0) is 6.42 Å². The van der Waals surface area contributed by atoms with Gasteiger partial charge in [-0.05, 0) is 35.9 Å². The number of ether oxygens (including phenoxy) is 1. The van der Waals surface area contributed by atoms with Gasteiger partial charge >= 0.3 is 29.6 Å². The molecule has 1 aliphatic rings. The van der Waals surface area contributed by atoms with Crippen LogP contribution in [0.3, 0.4) is 0 Å². The van der Waals surface area contributed by atoms with Crippen LogP contribution >= 0.6 is 11.6 Å². The molecule has 5 heteroatoms. The van der Waals surface area contributed by atoms with E-state index < -0.39 is 0 Å². The van der Waals surface area contributed by atoms with Gasteiger partial charge in [-0.3, -0.25) is 0 Å². The van der Waals surface area contributed by atoms with Crippen LogP contribution in [0, 0.1) is 19.4 Å². The third kappa shape index (κ3) is 4.75. The summed E-state index contributed by atoms with van der Waals surface area (Å²) in [5.74, 6) is 1.21. The average Bonchev–Trinajstić information content (AvgIpc) is 2.44. The molecule has 0 saturated carbocycles. The summed E-state index contributed by atoms with van der Waals surface area (Å²) in [7, 11) is 1.85. The molecule has 112 valence electrons. The molecule has 0 unspecified atom stereocenters. The van der Waals surface area contributed by atoms with E-state index in [0.29, 0.717) is 22.1 Å². The Balaban J connectivity index is 0.00000220. The maximum absolute atomic E-state index is 7.55. The summed E-state index contributed by atoms with van der Waals surface area (Å²) >= 11 is 6.28. The minimum atomic E-state index is 0. The largest absolute Gasteiger partial charge is 1.00 e. The van der Waals surface area contributed by atoms with Crippen LogP contribution in [0.15, 0.2) is 41.7 Å². The van der Waals surface area contributed by atoms with Gasteiger partial charge in [-0.25, -0.2) is 6.58 Å². The number of hydrogen-bond acceptors (Lipinski definition) is 3. The van der Waals surface area contributed by atoms with Crippen molar-refractivity contribution in [2.75, 3.05) is 12.4 Å². The second-order valence-corrected chi connectivity index (χ2v) is 4.81. The minimum absolute atomic E-state index is 0. The minimum Gasteiger partial charge on any atom is -0.468 e. The third-order valence-electron chi connectivity index (χ3n) is 3.03. The van der Waals surface area contributed by atoms with Crippen LogP contribution in [0.2, 0.25) is 5.02 Å². The fourth-order valence-corrected chi connectivity index (χ4v) is 2.17. The third-order valence-corrected chi connectivity index (χ3v) is 3.31. The fraction of sp³-hybridized carbons (Fsp3) is 0.176. The number of halogens is 1. The van der Waals surface area contributed by atoms with Gasteiger partial charge in [-0.1, -0.05) is 24.6 Å². The van der Waals surface area contributed by atoms with Gasteiger partial charge in [0.15, 0.2) is 0 Å². The van der Waals surface area contributed by atoms with Crippen molar-refractivity contribution in [3.63, 3.8) is 0 Å². The Morgan fingerprint density at radius 2 is 2.00 bits per heavy atom. The Morgan fingerprint density at radius 1 is 1.32 bits per heavy atom. The normalized spacial score (nSPS) is 13.0. The molecule has 0 heterocycles. The number of hydrogen-bond donors (Lipinski definition) is 2. The Bertz CT molecular complexity index is 636. The van der Waals surface area contributed by atoms with Crippen LogP contribution in [0.4, 0.5) is 5.69 Å².